The first-order chi connectivity index (χ1) is 12.7. The van der Waals surface area contributed by atoms with E-state index >= 15 is 0 Å². The number of aromatic nitrogens is 3. The lowest BCUT2D eigenvalue weighted by Crippen LogP contribution is -2.37. The first kappa shape index (κ1) is 17.5. The van der Waals surface area contributed by atoms with Crippen LogP contribution in [0.1, 0.15) is 25.0 Å². The summed E-state index contributed by atoms with van der Waals surface area (Å²) in [4.78, 5) is 13.2. The average molecular weight is 354 g/mol. The maximum Gasteiger partial charge on any atom is 0.160 e. The maximum absolute atomic E-state index is 10.4. The summed E-state index contributed by atoms with van der Waals surface area (Å²) in [6.45, 7) is 1.02. The number of hydrogen-bond donors (Lipinski definition) is 3. The first-order valence-corrected chi connectivity index (χ1v) is 9.49. The smallest absolute Gasteiger partial charge is 0.160 e. The summed E-state index contributed by atoms with van der Waals surface area (Å²) in [5.41, 5.74) is 1.83. The maximum atomic E-state index is 10.4. The summed E-state index contributed by atoms with van der Waals surface area (Å²) in [6.07, 6.45) is 8.83. The number of nitrogens with one attached hydrogen (secondary N) is 1. The molecule has 138 valence electrons. The highest BCUT2D eigenvalue weighted by Crippen LogP contribution is 2.36. The van der Waals surface area contributed by atoms with E-state index in [0.717, 1.165) is 30.1 Å². The predicted octanol–water partition coefficient (Wildman–Crippen LogP) is 1.44. The van der Waals surface area contributed by atoms with E-state index in [9.17, 15) is 10.2 Å². The Hall–Kier alpha value is -1.89. The van der Waals surface area contributed by atoms with Gasteiger partial charge in [-0.3, -0.25) is 4.98 Å². The zero-order valence-corrected chi connectivity index (χ0v) is 14.8. The van der Waals surface area contributed by atoms with Crippen LogP contribution in [0.25, 0.3) is 11.4 Å². The van der Waals surface area contributed by atoms with Gasteiger partial charge in [0.1, 0.15) is 0 Å². The molecule has 2 fully saturated rings. The molecule has 2 aliphatic carbocycles. The minimum atomic E-state index is -0.457. The number of pyridine rings is 1. The SMILES string of the molecule is OC[C@@H]1[C@@H](Cc2ccnc(-c3cccnc3)n2)[C@H](NCC2CC2)C[C@H]1O. The Morgan fingerprint density at radius 2 is 2.04 bits per heavy atom. The molecule has 2 aliphatic rings. The van der Waals surface area contributed by atoms with Gasteiger partial charge in [0.05, 0.1) is 6.10 Å². The number of rotatable bonds is 7. The highest BCUT2D eigenvalue weighted by Gasteiger charge is 2.42. The molecule has 0 radical (unpaired) electrons. The van der Waals surface area contributed by atoms with Gasteiger partial charge in [-0.2, -0.15) is 0 Å². The molecule has 0 bridgehead atoms. The van der Waals surface area contributed by atoms with E-state index < -0.39 is 6.10 Å². The lowest BCUT2D eigenvalue weighted by molar-refractivity contribution is 0.0716. The Bertz CT molecular complexity index is 723. The molecular weight excluding hydrogens is 328 g/mol. The summed E-state index contributed by atoms with van der Waals surface area (Å²) in [7, 11) is 0. The van der Waals surface area contributed by atoms with Crippen LogP contribution in [0, 0.1) is 17.8 Å². The van der Waals surface area contributed by atoms with Gasteiger partial charge in [-0.15, -0.1) is 0 Å². The molecule has 3 N–H and O–H groups in total. The minimum absolute atomic E-state index is 0.00792. The van der Waals surface area contributed by atoms with E-state index in [4.69, 9.17) is 4.98 Å². The molecule has 26 heavy (non-hydrogen) atoms. The van der Waals surface area contributed by atoms with Gasteiger partial charge in [0.15, 0.2) is 5.82 Å². The first-order valence-electron chi connectivity index (χ1n) is 9.49. The summed E-state index contributed by atoms with van der Waals surface area (Å²) < 4.78 is 0. The Morgan fingerprint density at radius 3 is 2.77 bits per heavy atom. The normalized spacial score (nSPS) is 28.4. The molecule has 2 aromatic heterocycles. The third-order valence-corrected chi connectivity index (χ3v) is 5.71. The van der Waals surface area contributed by atoms with Crippen molar-refractivity contribution < 1.29 is 10.2 Å². The zero-order valence-electron chi connectivity index (χ0n) is 14.8. The van der Waals surface area contributed by atoms with E-state index in [2.05, 4.69) is 15.3 Å². The van der Waals surface area contributed by atoms with Crippen LogP contribution in [0.2, 0.25) is 0 Å². The van der Waals surface area contributed by atoms with Crippen LogP contribution < -0.4 is 5.32 Å². The van der Waals surface area contributed by atoms with Gasteiger partial charge < -0.3 is 15.5 Å². The molecular formula is C20H26N4O2. The van der Waals surface area contributed by atoms with Crippen molar-refractivity contribution in [1.29, 1.82) is 0 Å². The van der Waals surface area contributed by atoms with Gasteiger partial charge in [0.2, 0.25) is 0 Å². The number of nitrogens with zero attached hydrogens (tertiary/aromatic N) is 3. The third-order valence-electron chi connectivity index (χ3n) is 5.71. The van der Waals surface area contributed by atoms with E-state index in [1.807, 2.05) is 18.2 Å². The molecule has 6 nitrogen and oxygen atoms in total. The van der Waals surface area contributed by atoms with Gasteiger partial charge in [-0.1, -0.05) is 0 Å². The molecule has 2 heterocycles. The van der Waals surface area contributed by atoms with Crippen LogP contribution in [0.5, 0.6) is 0 Å². The monoisotopic (exact) mass is 354 g/mol. The summed E-state index contributed by atoms with van der Waals surface area (Å²) in [6, 6.07) is 5.97. The molecule has 2 saturated carbocycles. The molecule has 0 spiro atoms. The van der Waals surface area contributed by atoms with Crippen molar-refractivity contribution in [3.8, 4) is 11.4 Å². The van der Waals surface area contributed by atoms with Crippen molar-refractivity contribution in [2.75, 3.05) is 13.2 Å². The van der Waals surface area contributed by atoms with E-state index in [1.165, 1.54) is 12.8 Å². The van der Waals surface area contributed by atoms with Crippen molar-refractivity contribution in [2.24, 2.45) is 17.8 Å². The Balaban J connectivity index is 1.51. The van der Waals surface area contributed by atoms with Gasteiger partial charge in [-0.25, -0.2) is 9.97 Å². The fraction of sp³-hybridized carbons (Fsp3) is 0.550. The van der Waals surface area contributed by atoms with Gasteiger partial charge in [0.25, 0.3) is 0 Å². The highest BCUT2D eigenvalue weighted by atomic mass is 16.3. The van der Waals surface area contributed by atoms with Gasteiger partial charge in [0, 0.05) is 48.4 Å². The number of hydrogen-bond acceptors (Lipinski definition) is 6. The largest absolute Gasteiger partial charge is 0.396 e. The second-order valence-corrected chi connectivity index (χ2v) is 7.59. The molecule has 0 unspecified atom stereocenters. The minimum Gasteiger partial charge on any atom is -0.396 e. The topological polar surface area (TPSA) is 91.2 Å². The zero-order chi connectivity index (χ0) is 17.9. The second kappa shape index (κ2) is 7.78. The lowest BCUT2D eigenvalue weighted by atomic mass is 9.88. The summed E-state index contributed by atoms with van der Waals surface area (Å²) in [5.74, 6) is 1.52. The Morgan fingerprint density at radius 1 is 1.15 bits per heavy atom. The number of aliphatic hydroxyl groups excluding tert-OH is 2. The molecule has 0 saturated heterocycles. The highest BCUT2D eigenvalue weighted by molar-refractivity contribution is 5.52. The van der Waals surface area contributed by atoms with Crippen LogP contribution in [0.4, 0.5) is 0 Å². The van der Waals surface area contributed by atoms with Crippen molar-refractivity contribution in [2.45, 2.75) is 37.8 Å². The second-order valence-electron chi connectivity index (χ2n) is 7.59. The van der Waals surface area contributed by atoms with Gasteiger partial charge in [-0.05, 0) is 62.3 Å². The van der Waals surface area contributed by atoms with E-state index in [1.54, 1.807) is 18.6 Å². The van der Waals surface area contributed by atoms with Crippen LogP contribution in [0.3, 0.4) is 0 Å². The molecule has 0 aliphatic heterocycles. The molecule has 2 aromatic rings. The van der Waals surface area contributed by atoms with Crippen molar-refractivity contribution in [1.82, 2.24) is 20.3 Å². The van der Waals surface area contributed by atoms with Crippen molar-refractivity contribution in [3.05, 3.63) is 42.5 Å². The van der Waals surface area contributed by atoms with Crippen molar-refractivity contribution in [3.63, 3.8) is 0 Å². The fourth-order valence-electron chi connectivity index (χ4n) is 4.00. The van der Waals surface area contributed by atoms with Crippen LogP contribution in [0.15, 0.2) is 36.8 Å². The molecule has 4 rings (SSSR count). The summed E-state index contributed by atoms with van der Waals surface area (Å²) >= 11 is 0. The molecule has 0 aromatic carbocycles. The standard InChI is InChI=1S/C20H26N4O2/c25-12-17-16(18(9-19(17)26)23-10-13-3-4-13)8-15-5-7-22-20(24-15)14-2-1-6-21-11-14/h1-2,5-7,11,13,16-19,23,25-26H,3-4,8-10,12H2/t16-,17-,18-,19-/m1/s1. The fourth-order valence-corrected chi connectivity index (χ4v) is 4.00. The van der Waals surface area contributed by atoms with Gasteiger partial charge >= 0.3 is 0 Å². The number of aliphatic hydroxyl groups is 2. The lowest BCUT2D eigenvalue weighted by Gasteiger charge is -2.25. The average Bonchev–Trinajstić information content (AvgIpc) is 3.45. The van der Waals surface area contributed by atoms with Crippen molar-refractivity contribution >= 4 is 0 Å². The van der Waals surface area contributed by atoms with E-state index in [-0.39, 0.29) is 24.5 Å². The Labute approximate surface area is 153 Å². The van der Waals surface area contributed by atoms with Crippen LogP contribution in [-0.4, -0.2) is 50.5 Å². The van der Waals surface area contributed by atoms with E-state index in [0.29, 0.717) is 12.2 Å². The molecule has 4 atom stereocenters. The van der Waals surface area contributed by atoms with Crippen LogP contribution in [-0.2, 0) is 6.42 Å². The van der Waals surface area contributed by atoms with Crippen LogP contribution >= 0.6 is 0 Å². The molecule has 6 heteroatoms. The summed E-state index contributed by atoms with van der Waals surface area (Å²) in [5, 5.41) is 23.8. The third kappa shape index (κ3) is 3.92. The molecule has 0 amide bonds. The quantitative estimate of drug-likeness (QED) is 0.697. The Kier molecular flexibility index (Phi) is 5.24. The predicted molar refractivity (Wildman–Crippen MR) is 98.2 cm³/mol.